The number of H-pyrrole nitrogens is 2. The molecule has 0 unspecified atom stereocenters. The summed E-state index contributed by atoms with van der Waals surface area (Å²) in [6, 6.07) is 4.51. The van der Waals surface area contributed by atoms with Gasteiger partial charge in [-0.1, -0.05) is 0 Å². The Kier molecular flexibility index (Phi) is 3.09. The van der Waals surface area contributed by atoms with E-state index in [1.165, 1.54) is 0 Å². The number of aromatic amines is 2. The van der Waals surface area contributed by atoms with E-state index in [1.54, 1.807) is 6.33 Å². The fraction of sp³-hybridized carbons (Fsp3) is 0.294. The van der Waals surface area contributed by atoms with Crippen LogP contribution in [0.1, 0.15) is 6.42 Å². The Hall–Kier alpha value is -3.16. The van der Waals surface area contributed by atoms with E-state index in [1.807, 2.05) is 24.7 Å². The van der Waals surface area contributed by atoms with E-state index in [-0.39, 0.29) is 0 Å². The van der Waals surface area contributed by atoms with Crippen LogP contribution in [0.5, 0.6) is 0 Å². The number of nitrogens with zero attached hydrogens (tertiary/aromatic N) is 6. The van der Waals surface area contributed by atoms with E-state index in [0.717, 1.165) is 53.1 Å². The first-order valence-corrected chi connectivity index (χ1v) is 8.34. The van der Waals surface area contributed by atoms with E-state index < -0.39 is 0 Å². The van der Waals surface area contributed by atoms with Gasteiger partial charge in [0.1, 0.15) is 23.6 Å². The molecule has 1 atom stereocenters. The highest BCUT2D eigenvalue weighted by Gasteiger charge is 2.28. The van der Waals surface area contributed by atoms with Crippen LogP contribution in [0.4, 0.5) is 11.6 Å². The maximum Gasteiger partial charge on any atom is 0.142 e. The second-order valence-corrected chi connectivity index (χ2v) is 6.44. The standard InChI is InChI=1S/C17H18N8/c1-24(15-6-11-7-22-23-14(11)8-19-15)12-3-5-25(9-12)17-13-2-4-18-16(13)20-10-21-17/h2,4,6-8,10,12H,3,5,9H2,1H3,(H,22,23)(H,18,20,21)/t12-/m1/s1. The lowest BCUT2D eigenvalue weighted by molar-refractivity contribution is 0.685. The van der Waals surface area contributed by atoms with Crippen molar-refractivity contribution in [1.82, 2.24) is 30.1 Å². The fourth-order valence-corrected chi connectivity index (χ4v) is 3.57. The van der Waals surface area contributed by atoms with Gasteiger partial charge in [0.25, 0.3) is 0 Å². The molecule has 0 bridgehead atoms. The molecule has 0 amide bonds. The minimum atomic E-state index is 0.390. The molecular weight excluding hydrogens is 316 g/mol. The van der Waals surface area contributed by atoms with Gasteiger partial charge >= 0.3 is 0 Å². The second kappa shape index (κ2) is 5.44. The molecule has 126 valence electrons. The first kappa shape index (κ1) is 14.2. The zero-order valence-electron chi connectivity index (χ0n) is 13.8. The molecule has 4 aromatic rings. The third kappa shape index (κ3) is 2.29. The molecule has 0 spiro atoms. The number of anilines is 2. The SMILES string of the molecule is CN(c1cc2cn[nH]c2cn1)[C@@H]1CCN(c2ncnc3[nH]ccc23)C1. The molecule has 0 aliphatic carbocycles. The molecule has 1 aliphatic rings. The van der Waals surface area contributed by atoms with Gasteiger partial charge in [-0.05, 0) is 18.6 Å². The molecule has 0 aromatic carbocycles. The van der Waals surface area contributed by atoms with E-state index in [0.29, 0.717) is 6.04 Å². The van der Waals surface area contributed by atoms with Crippen LogP contribution in [0.2, 0.25) is 0 Å². The lowest BCUT2D eigenvalue weighted by atomic mass is 10.2. The zero-order valence-corrected chi connectivity index (χ0v) is 13.8. The molecule has 4 aromatic heterocycles. The van der Waals surface area contributed by atoms with Gasteiger partial charge < -0.3 is 14.8 Å². The van der Waals surface area contributed by atoms with Crippen molar-refractivity contribution in [3.63, 3.8) is 0 Å². The van der Waals surface area contributed by atoms with Crippen molar-refractivity contribution in [2.45, 2.75) is 12.5 Å². The number of pyridine rings is 1. The van der Waals surface area contributed by atoms with Gasteiger partial charge in [0.05, 0.1) is 23.3 Å². The summed E-state index contributed by atoms with van der Waals surface area (Å²) in [5.41, 5.74) is 1.84. The number of hydrogen-bond donors (Lipinski definition) is 2. The number of hydrogen-bond acceptors (Lipinski definition) is 6. The summed E-state index contributed by atoms with van der Waals surface area (Å²) in [6.45, 7) is 1.89. The highest BCUT2D eigenvalue weighted by molar-refractivity contribution is 5.87. The maximum absolute atomic E-state index is 4.57. The van der Waals surface area contributed by atoms with Crippen LogP contribution in [0, 0.1) is 0 Å². The molecule has 25 heavy (non-hydrogen) atoms. The van der Waals surface area contributed by atoms with Crippen molar-refractivity contribution >= 4 is 33.6 Å². The molecule has 1 fully saturated rings. The molecule has 2 N–H and O–H groups in total. The third-order valence-corrected chi connectivity index (χ3v) is 5.02. The quantitative estimate of drug-likeness (QED) is 0.595. The molecule has 5 rings (SSSR count). The van der Waals surface area contributed by atoms with Crippen LogP contribution in [-0.4, -0.2) is 56.3 Å². The monoisotopic (exact) mass is 334 g/mol. The van der Waals surface area contributed by atoms with Crippen molar-refractivity contribution in [1.29, 1.82) is 0 Å². The van der Waals surface area contributed by atoms with Gasteiger partial charge in [-0.3, -0.25) is 5.10 Å². The van der Waals surface area contributed by atoms with Crippen molar-refractivity contribution in [2.75, 3.05) is 29.9 Å². The van der Waals surface area contributed by atoms with Crippen molar-refractivity contribution in [3.05, 3.63) is 37.1 Å². The Morgan fingerprint density at radius 3 is 3.16 bits per heavy atom. The lowest BCUT2D eigenvalue weighted by Gasteiger charge is -2.26. The molecule has 1 saturated heterocycles. The van der Waals surface area contributed by atoms with Crippen LogP contribution < -0.4 is 9.80 Å². The normalized spacial score (nSPS) is 17.6. The minimum Gasteiger partial charge on any atom is -0.355 e. The van der Waals surface area contributed by atoms with Gasteiger partial charge in [-0.2, -0.15) is 5.10 Å². The average molecular weight is 334 g/mol. The Morgan fingerprint density at radius 2 is 2.20 bits per heavy atom. The Labute approximate surface area is 143 Å². The van der Waals surface area contributed by atoms with Crippen LogP contribution in [0.15, 0.2) is 37.1 Å². The largest absolute Gasteiger partial charge is 0.355 e. The van der Waals surface area contributed by atoms with Crippen LogP contribution in [0.25, 0.3) is 21.9 Å². The zero-order chi connectivity index (χ0) is 16.8. The smallest absolute Gasteiger partial charge is 0.142 e. The number of rotatable bonds is 3. The summed E-state index contributed by atoms with van der Waals surface area (Å²) in [7, 11) is 2.11. The summed E-state index contributed by atoms with van der Waals surface area (Å²) in [6.07, 6.45) is 8.27. The van der Waals surface area contributed by atoms with E-state index >= 15 is 0 Å². The number of likely N-dealkylation sites (N-methyl/N-ethyl adjacent to an activating group) is 1. The number of aromatic nitrogens is 6. The molecule has 0 saturated carbocycles. The first-order valence-electron chi connectivity index (χ1n) is 8.34. The molecule has 0 radical (unpaired) electrons. The van der Waals surface area contributed by atoms with Gasteiger partial charge in [-0.25, -0.2) is 15.0 Å². The van der Waals surface area contributed by atoms with Crippen molar-refractivity contribution in [2.24, 2.45) is 0 Å². The summed E-state index contributed by atoms with van der Waals surface area (Å²) in [5.74, 6) is 1.97. The van der Waals surface area contributed by atoms with E-state index in [2.05, 4.69) is 53.0 Å². The molecule has 1 aliphatic heterocycles. The highest BCUT2D eigenvalue weighted by Crippen LogP contribution is 2.28. The van der Waals surface area contributed by atoms with Gasteiger partial charge in [-0.15, -0.1) is 0 Å². The van der Waals surface area contributed by atoms with E-state index in [4.69, 9.17) is 0 Å². The minimum absolute atomic E-state index is 0.390. The first-order chi connectivity index (χ1) is 12.3. The summed E-state index contributed by atoms with van der Waals surface area (Å²) in [5, 5.41) is 9.16. The van der Waals surface area contributed by atoms with Crippen molar-refractivity contribution < 1.29 is 0 Å². The molecular formula is C17H18N8. The summed E-state index contributed by atoms with van der Waals surface area (Å²) >= 11 is 0. The molecule has 5 heterocycles. The number of nitrogens with one attached hydrogen (secondary N) is 2. The second-order valence-electron chi connectivity index (χ2n) is 6.44. The summed E-state index contributed by atoms with van der Waals surface area (Å²) in [4.78, 5) is 21.1. The van der Waals surface area contributed by atoms with Gasteiger partial charge in [0.15, 0.2) is 0 Å². The maximum atomic E-state index is 4.57. The van der Waals surface area contributed by atoms with Gasteiger partial charge in [0.2, 0.25) is 0 Å². The topological polar surface area (TPSA) is 89.6 Å². The lowest BCUT2D eigenvalue weighted by Crippen LogP contribution is -2.35. The number of fused-ring (bicyclic) bond motifs is 2. The Morgan fingerprint density at radius 1 is 1.24 bits per heavy atom. The fourth-order valence-electron chi connectivity index (χ4n) is 3.57. The van der Waals surface area contributed by atoms with Crippen molar-refractivity contribution in [3.8, 4) is 0 Å². The Bertz CT molecular complexity index is 1040. The predicted molar refractivity (Wildman–Crippen MR) is 96.8 cm³/mol. The van der Waals surface area contributed by atoms with Crippen LogP contribution in [-0.2, 0) is 0 Å². The Balaban J connectivity index is 1.40. The summed E-state index contributed by atoms with van der Waals surface area (Å²) < 4.78 is 0. The molecule has 8 nitrogen and oxygen atoms in total. The van der Waals surface area contributed by atoms with E-state index in [9.17, 15) is 0 Å². The predicted octanol–water partition coefficient (Wildman–Crippen LogP) is 1.94. The molecule has 8 heteroatoms. The highest BCUT2D eigenvalue weighted by atomic mass is 15.3. The van der Waals surface area contributed by atoms with Gasteiger partial charge in [0, 0.05) is 37.8 Å². The van der Waals surface area contributed by atoms with Crippen LogP contribution in [0.3, 0.4) is 0 Å². The van der Waals surface area contributed by atoms with Crippen LogP contribution >= 0.6 is 0 Å². The average Bonchev–Trinajstić information content (AvgIpc) is 3.39. The third-order valence-electron chi connectivity index (χ3n) is 5.02.